The second-order valence-electron chi connectivity index (χ2n) is 6.07. The molecule has 2 N–H and O–H groups in total. The highest BCUT2D eigenvalue weighted by atomic mass is 16.5. The Morgan fingerprint density at radius 3 is 3.08 bits per heavy atom. The van der Waals surface area contributed by atoms with Crippen LogP contribution in [0.15, 0.2) is 53.3 Å². The van der Waals surface area contributed by atoms with Crippen molar-refractivity contribution in [1.29, 1.82) is 0 Å². The first-order chi connectivity index (χ1) is 12.8. The van der Waals surface area contributed by atoms with Crippen LogP contribution in [0.5, 0.6) is 0 Å². The van der Waals surface area contributed by atoms with E-state index in [4.69, 9.17) is 4.52 Å². The van der Waals surface area contributed by atoms with Gasteiger partial charge < -0.3 is 9.84 Å². The van der Waals surface area contributed by atoms with Crippen LogP contribution in [0.2, 0.25) is 0 Å². The van der Waals surface area contributed by atoms with E-state index in [0.29, 0.717) is 12.4 Å². The molecule has 5 rings (SSSR count). The molecule has 0 unspecified atom stereocenters. The minimum atomic E-state index is 0.553. The summed E-state index contributed by atoms with van der Waals surface area (Å²) in [4.78, 5) is 4.38. The number of nitrogens with zero attached hydrogens (tertiary/aromatic N) is 5. The van der Waals surface area contributed by atoms with E-state index in [0.717, 1.165) is 39.1 Å². The molecule has 0 saturated heterocycles. The molecule has 4 heterocycles. The van der Waals surface area contributed by atoms with Gasteiger partial charge in [-0.15, -0.1) is 0 Å². The van der Waals surface area contributed by atoms with Gasteiger partial charge in [0, 0.05) is 17.6 Å². The van der Waals surface area contributed by atoms with Crippen molar-refractivity contribution in [1.82, 2.24) is 30.1 Å². The Hall–Kier alpha value is -3.68. The lowest BCUT2D eigenvalue weighted by molar-refractivity contribution is 0.388. The summed E-state index contributed by atoms with van der Waals surface area (Å²) in [7, 11) is 0. The fourth-order valence-corrected chi connectivity index (χ4v) is 3.05. The van der Waals surface area contributed by atoms with Crippen LogP contribution in [-0.4, -0.2) is 30.1 Å². The number of hydrogen-bond donors (Lipinski definition) is 2. The Labute approximate surface area is 147 Å². The molecule has 4 aromatic heterocycles. The van der Waals surface area contributed by atoms with Crippen LogP contribution in [0.4, 0.5) is 11.5 Å². The van der Waals surface area contributed by atoms with Gasteiger partial charge in [0.15, 0.2) is 5.82 Å². The second-order valence-corrected chi connectivity index (χ2v) is 6.07. The number of pyridine rings is 1. The van der Waals surface area contributed by atoms with Crippen molar-refractivity contribution in [3.05, 3.63) is 60.2 Å². The Morgan fingerprint density at radius 1 is 1.23 bits per heavy atom. The maximum atomic E-state index is 5.14. The predicted octanol–water partition coefficient (Wildman–Crippen LogP) is 3.40. The molecule has 5 aromatic rings. The van der Waals surface area contributed by atoms with E-state index in [9.17, 15) is 0 Å². The third-order valence-electron chi connectivity index (χ3n) is 4.25. The van der Waals surface area contributed by atoms with Crippen molar-refractivity contribution < 1.29 is 4.52 Å². The molecule has 0 radical (unpaired) electrons. The number of anilines is 2. The maximum absolute atomic E-state index is 5.14. The minimum absolute atomic E-state index is 0.553. The van der Waals surface area contributed by atoms with Gasteiger partial charge in [-0.2, -0.15) is 10.2 Å². The van der Waals surface area contributed by atoms with E-state index in [1.807, 2.05) is 54.2 Å². The van der Waals surface area contributed by atoms with Gasteiger partial charge in [-0.05, 0) is 31.2 Å². The average molecular weight is 345 g/mol. The standard InChI is InChI=1S/C18H15N7O/c1-11-8-12(24-26-11)10-25-16-6-2-4-14(13(16)9-20-25)21-18-17-15(22-23-18)5-3-7-19-17/h2-9H,10H2,1H3,(H2,21,22,23). The van der Waals surface area contributed by atoms with E-state index in [-0.39, 0.29) is 0 Å². The molecule has 26 heavy (non-hydrogen) atoms. The molecule has 8 heteroatoms. The Kier molecular flexibility index (Phi) is 3.21. The van der Waals surface area contributed by atoms with Crippen molar-refractivity contribution in [3.63, 3.8) is 0 Å². The molecule has 0 amide bonds. The Bertz CT molecular complexity index is 1220. The molecule has 128 valence electrons. The summed E-state index contributed by atoms with van der Waals surface area (Å²) in [5.41, 5.74) is 4.45. The van der Waals surface area contributed by atoms with Gasteiger partial charge in [0.1, 0.15) is 17.0 Å². The fourth-order valence-electron chi connectivity index (χ4n) is 3.05. The van der Waals surface area contributed by atoms with Gasteiger partial charge in [-0.3, -0.25) is 14.8 Å². The number of aromatic nitrogens is 6. The molecule has 0 fully saturated rings. The molecule has 0 aliphatic rings. The zero-order valence-electron chi connectivity index (χ0n) is 14.0. The minimum Gasteiger partial charge on any atom is -0.361 e. The second kappa shape index (κ2) is 5.69. The van der Waals surface area contributed by atoms with Gasteiger partial charge in [0.05, 0.1) is 29.5 Å². The summed E-state index contributed by atoms with van der Waals surface area (Å²) in [5, 5.41) is 20.2. The number of aryl methyl sites for hydroxylation is 1. The van der Waals surface area contributed by atoms with E-state index >= 15 is 0 Å². The van der Waals surface area contributed by atoms with Crippen molar-refractivity contribution in [2.75, 3.05) is 5.32 Å². The van der Waals surface area contributed by atoms with Crippen LogP contribution in [-0.2, 0) is 6.54 Å². The molecule has 0 atom stereocenters. The molecular weight excluding hydrogens is 330 g/mol. The number of H-pyrrole nitrogens is 1. The van der Waals surface area contributed by atoms with E-state index in [2.05, 4.69) is 30.8 Å². The van der Waals surface area contributed by atoms with Crippen molar-refractivity contribution in [2.45, 2.75) is 13.5 Å². The summed E-state index contributed by atoms with van der Waals surface area (Å²) in [6, 6.07) is 11.7. The normalized spacial score (nSPS) is 11.4. The van der Waals surface area contributed by atoms with Gasteiger partial charge in [-0.1, -0.05) is 11.2 Å². The maximum Gasteiger partial charge on any atom is 0.178 e. The van der Waals surface area contributed by atoms with Crippen LogP contribution in [0, 0.1) is 6.92 Å². The summed E-state index contributed by atoms with van der Waals surface area (Å²) >= 11 is 0. The SMILES string of the molecule is Cc1cc(Cn2ncc3c(Nc4n[nH]c5cccnc45)cccc32)no1. The Balaban J connectivity index is 1.52. The first-order valence-corrected chi connectivity index (χ1v) is 8.21. The monoisotopic (exact) mass is 345 g/mol. The zero-order chi connectivity index (χ0) is 17.5. The van der Waals surface area contributed by atoms with Crippen LogP contribution in [0.3, 0.4) is 0 Å². The molecule has 0 bridgehead atoms. The molecule has 0 aliphatic heterocycles. The molecule has 1 aromatic carbocycles. The zero-order valence-corrected chi connectivity index (χ0v) is 14.0. The topological polar surface area (TPSA) is 97.5 Å². The first kappa shape index (κ1) is 14.6. The number of hydrogen-bond acceptors (Lipinski definition) is 6. The fraction of sp³-hybridized carbons (Fsp3) is 0.111. The molecular formula is C18H15N7O. The first-order valence-electron chi connectivity index (χ1n) is 8.21. The van der Waals surface area contributed by atoms with Crippen molar-refractivity contribution in [2.24, 2.45) is 0 Å². The summed E-state index contributed by atoms with van der Waals surface area (Å²) in [5.74, 6) is 1.48. The highest BCUT2D eigenvalue weighted by molar-refractivity contribution is 5.96. The summed E-state index contributed by atoms with van der Waals surface area (Å²) in [6.07, 6.45) is 3.59. The highest BCUT2D eigenvalue weighted by Crippen LogP contribution is 2.28. The number of rotatable bonds is 4. The van der Waals surface area contributed by atoms with Crippen LogP contribution in [0.1, 0.15) is 11.5 Å². The summed E-state index contributed by atoms with van der Waals surface area (Å²) in [6.45, 7) is 2.43. The smallest absolute Gasteiger partial charge is 0.178 e. The van der Waals surface area contributed by atoms with E-state index in [1.165, 1.54) is 0 Å². The number of nitrogens with one attached hydrogen (secondary N) is 2. The summed E-state index contributed by atoms with van der Waals surface area (Å²) < 4.78 is 7.04. The number of benzene rings is 1. The molecule has 0 spiro atoms. The Morgan fingerprint density at radius 2 is 2.19 bits per heavy atom. The quantitative estimate of drug-likeness (QED) is 0.518. The third kappa shape index (κ3) is 2.39. The largest absolute Gasteiger partial charge is 0.361 e. The molecule has 8 nitrogen and oxygen atoms in total. The lowest BCUT2D eigenvalue weighted by atomic mass is 10.2. The highest BCUT2D eigenvalue weighted by Gasteiger charge is 2.12. The van der Waals surface area contributed by atoms with Gasteiger partial charge in [-0.25, -0.2) is 0 Å². The number of fused-ring (bicyclic) bond motifs is 2. The number of aromatic amines is 1. The predicted molar refractivity (Wildman–Crippen MR) is 97.2 cm³/mol. The average Bonchev–Trinajstić information content (AvgIpc) is 3.36. The van der Waals surface area contributed by atoms with Gasteiger partial charge in [0.25, 0.3) is 0 Å². The van der Waals surface area contributed by atoms with Crippen LogP contribution < -0.4 is 5.32 Å². The van der Waals surface area contributed by atoms with Crippen molar-refractivity contribution >= 4 is 33.4 Å². The van der Waals surface area contributed by atoms with Crippen LogP contribution >= 0.6 is 0 Å². The molecule has 0 aliphatic carbocycles. The van der Waals surface area contributed by atoms with Gasteiger partial charge >= 0.3 is 0 Å². The van der Waals surface area contributed by atoms with E-state index < -0.39 is 0 Å². The van der Waals surface area contributed by atoms with Gasteiger partial charge in [0.2, 0.25) is 0 Å². The van der Waals surface area contributed by atoms with Crippen molar-refractivity contribution in [3.8, 4) is 0 Å². The lowest BCUT2D eigenvalue weighted by Gasteiger charge is -2.06. The van der Waals surface area contributed by atoms with E-state index in [1.54, 1.807) is 6.20 Å². The lowest BCUT2D eigenvalue weighted by Crippen LogP contribution is -2.01. The third-order valence-corrected chi connectivity index (χ3v) is 4.25. The molecule has 0 saturated carbocycles. The van der Waals surface area contributed by atoms with Crippen LogP contribution in [0.25, 0.3) is 21.9 Å².